The lowest BCUT2D eigenvalue weighted by Gasteiger charge is -1.97. The number of benzene rings is 1. The van der Waals surface area contributed by atoms with Gasteiger partial charge in [-0.2, -0.15) is 0 Å². The summed E-state index contributed by atoms with van der Waals surface area (Å²) >= 11 is 1.35. The number of amidine groups is 1. The lowest BCUT2D eigenvalue weighted by atomic mass is 10.2. The fourth-order valence-corrected chi connectivity index (χ4v) is 1.80. The van der Waals surface area contributed by atoms with Crippen molar-refractivity contribution in [2.24, 2.45) is 5.73 Å². The molecule has 0 fully saturated rings. The maximum absolute atomic E-state index is 9.90. The molecule has 0 saturated heterocycles. The van der Waals surface area contributed by atoms with Crippen LogP contribution in [0.5, 0.6) is 0 Å². The lowest BCUT2D eigenvalue weighted by molar-refractivity contribution is -0.139. The second-order valence-corrected chi connectivity index (χ2v) is 5.15. The van der Waals surface area contributed by atoms with E-state index in [0.717, 1.165) is 5.75 Å². The molecule has 1 aromatic rings. The minimum absolute atomic E-state index is 0.0628. The van der Waals surface area contributed by atoms with Crippen LogP contribution in [-0.2, 0) is 15.3 Å². The molecular weight excluding hydrogens is 292 g/mol. The van der Waals surface area contributed by atoms with E-state index >= 15 is 0 Å². The molecule has 0 amide bonds. The number of carboxylic acid groups (broad SMARTS) is 2. The molecule has 7 heteroatoms. The molecule has 116 valence electrons. The van der Waals surface area contributed by atoms with Crippen LogP contribution in [0.15, 0.2) is 30.3 Å². The molecule has 0 radical (unpaired) electrons. The van der Waals surface area contributed by atoms with Gasteiger partial charge in [-0.3, -0.25) is 15.0 Å². The summed E-state index contributed by atoms with van der Waals surface area (Å²) in [4.78, 5) is 19.8. The first kappa shape index (κ1) is 19.0. The van der Waals surface area contributed by atoms with Gasteiger partial charge < -0.3 is 15.9 Å². The van der Waals surface area contributed by atoms with E-state index in [1.54, 1.807) is 0 Å². The van der Waals surface area contributed by atoms with Gasteiger partial charge in [0.2, 0.25) is 0 Å². The Bertz CT molecular complexity index is 436. The van der Waals surface area contributed by atoms with E-state index < -0.39 is 11.9 Å². The van der Waals surface area contributed by atoms with Crippen LogP contribution >= 0.6 is 11.8 Å². The number of rotatable bonds is 7. The molecule has 6 nitrogen and oxygen atoms in total. The zero-order valence-electron chi connectivity index (χ0n) is 11.6. The first-order valence-corrected chi connectivity index (χ1v) is 7.34. The zero-order valence-corrected chi connectivity index (χ0v) is 12.4. The number of thioether (sulfide) groups is 1. The van der Waals surface area contributed by atoms with Gasteiger partial charge in [-0.15, -0.1) is 0 Å². The van der Waals surface area contributed by atoms with Gasteiger partial charge in [0.1, 0.15) is 0 Å². The highest BCUT2D eigenvalue weighted by Crippen LogP contribution is 2.09. The SMILES string of the molecule is N=C(N)SCc1ccccc1.O=C(O)CCCCC(=O)O. The number of carboxylic acids is 2. The molecule has 0 unspecified atom stereocenters. The third-order valence-electron chi connectivity index (χ3n) is 2.27. The average molecular weight is 312 g/mol. The highest BCUT2D eigenvalue weighted by Gasteiger charge is 1.99. The van der Waals surface area contributed by atoms with E-state index in [9.17, 15) is 9.59 Å². The Hall–Kier alpha value is -2.02. The standard InChI is InChI=1S/C8H10N2S.C6H10O4/c9-8(10)11-6-7-4-2-1-3-5-7;7-5(8)3-1-2-4-6(9)10/h1-5H,6H2,(H3,9,10);1-4H2,(H,7,8)(H,9,10). The van der Waals surface area contributed by atoms with Crippen molar-refractivity contribution in [1.29, 1.82) is 5.41 Å². The van der Waals surface area contributed by atoms with E-state index in [-0.39, 0.29) is 18.0 Å². The normalized spacial score (nSPS) is 9.33. The predicted molar refractivity (Wildman–Crippen MR) is 83.4 cm³/mol. The van der Waals surface area contributed by atoms with Gasteiger partial charge in [0.25, 0.3) is 0 Å². The highest BCUT2D eigenvalue weighted by atomic mass is 32.2. The van der Waals surface area contributed by atoms with Crippen molar-refractivity contribution < 1.29 is 19.8 Å². The molecule has 0 atom stereocenters. The van der Waals surface area contributed by atoms with Crippen molar-refractivity contribution in [1.82, 2.24) is 0 Å². The van der Waals surface area contributed by atoms with Crippen molar-refractivity contribution in [2.45, 2.75) is 31.4 Å². The molecule has 0 aliphatic rings. The number of carbonyl (C=O) groups is 2. The smallest absolute Gasteiger partial charge is 0.303 e. The summed E-state index contributed by atoms with van der Waals surface area (Å²) in [5.74, 6) is -0.952. The minimum Gasteiger partial charge on any atom is -0.481 e. The summed E-state index contributed by atoms with van der Waals surface area (Å²) < 4.78 is 0. The maximum Gasteiger partial charge on any atom is 0.303 e. The van der Waals surface area contributed by atoms with Gasteiger partial charge in [0, 0.05) is 18.6 Å². The van der Waals surface area contributed by atoms with Crippen LogP contribution in [0.1, 0.15) is 31.2 Å². The van der Waals surface area contributed by atoms with Gasteiger partial charge >= 0.3 is 11.9 Å². The third-order valence-corrected chi connectivity index (χ3v) is 3.06. The molecule has 0 bridgehead atoms. The van der Waals surface area contributed by atoms with Crippen LogP contribution in [0.4, 0.5) is 0 Å². The van der Waals surface area contributed by atoms with Crippen molar-refractivity contribution >= 4 is 28.9 Å². The number of nitrogens with two attached hydrogens (primary N) is 1. The van der Waals surface area contributed by atoms with E-state index in [0.29, 0.717) is 12.8 Å². The average Bonchev–Trinajstić information content (AvgIpc) is 2.43. The summed E-state index contributed by atoms with van der Waals surface area (Å²) in [5.41, 5.74) is 6.39. The van der Waals surface area contributed by atoms with Gasteiger partial charge in [-0.05, 0) is 18.4 Å². The van der Waals surface area contributed by atoms with Crippen LogP contribution < -0.4 is 5.73 Å². The van der Waals surface area contributed by atoms with Crippen LogP contribution in [0.3, 0.4) is 0 Å². The summed E-state index contributed by atoms with van der Waals surface area (Å²) in [5, 5.41) is 23.4. The summed E-state index contributed by atoms with van der Waals surface area (Å²) in [6, 6.07) is 9.99. The van der Waals surface area contributed by atoms with Crippen LogP contribution in [-0.4, -0.2) is 27.3 Å². The highest BCUT2D eigenvalue weighted by molar-refractivity contribution is 8.13. The number of aliphatic carboxylic acids is 2. The van der Waals surface area contributed by atoms with E-state index in [2.05, 4.69) is 0 Å². The molecule has 0 aromatic heterocycles. The molecule has 1 aromatic carbocycles. The predicted octanol–water partition coefficient (Wildman–Crippen LogP) is 2.53. The third kappa shape index (κ3) is 14.2. The van der Waals surface area contributed by atoms with Gasteiger partial charge in [-0.25, -0.2) is 0 Å². The number of nitrogens with one attached hydrogen (secondary N) is 1. The minimum atomic E-state index is -0.870. The van der Waals surface area contributed by atoms with Crippen LogP contribution in [0, 0.1) is 5.41 Å². The van der Waals surface area contributed by atoms with Gasteiger partial charge in [-0.1, -0.05) is 42.1 Å². The quantitative estimate of drug-likeness (QED) is 0.348. The molecule has 0 saturated carbocycles. The Morgan fingerprint density at radius 3 is 1.90 bits per heavy atom. The Morgan fingerprint density at radius 1 is 1.05 bits per heavy atom. The second kappa shape index (κ2) is 11.8. The largest absolute Gasteiger partial charge is 0.481 e. The number of unbranched alkanes of at least 4 members (excludes halogenated alkanes) is 1. The Morgan fingerprint density at radius 2 is 1.52 bits per heavy atom. The molecule has 0 aliphatic carbocycles. The molecule has 0 heterocycles. The molecule has 21 heavy (non-hydrogen) atoms. The molecule has 0 spiro atoms. The fourth-order valence-electron chi connectivity index (χ4n) is 1.29. The topological polar surface area (TPSA) is 124 Å². The van der Waals surface area contributed by atoms with Crippen LogP contribution in [0.2, 0.25) is 0 Å². The second-order valence-electron chi connectivity index (χ2n) is 4.13. The summed E-state index contributed by atoms with van der Waals surface area (Å²) in [6.07, 6.45) is 1.02. The van der Waals surface area contributed by atoms with Crippen molar-refractivity contribution in [3.05, 3.63) is 35.9 Å². The lowest BCUT2D eigenvalue weighted by Crippen LogP contribution is -2.03. The Kier molecular flexibility index (Phi) is 10.6. The summed E-state index contributed by atoms with van der Waals surface area (Å²) in [7, 11) is 0. The van der Waals surface area contributed by atoms with Crippen LogP contribution in [0.25, 0.3) is 0 Å². The van der Waals surface area contributed by atoms with E-state index in [1.165, 1.54) is 17.3 Å². The number of hydrogen-bond acceptors (Lipinski definition) is 4. The van der Waals surface area contributed by atoms with E-state index in [4.69, 9.17) is 21.4 Å². The van der Waals surface area contributed by atoms with E-state index in [1.807, 2.05) is 30.3 Å². The molecule has 5 N–H and O–H groups in total. The Balaban J connectivity index is 0.000000384. The molecular formula is C14H20N2O4S. The summed E-state index contributed by atoms with van der Waals surface area (Å²) in [6.45, 7) is 0. The monoisotopic (exact) mass is 312 g/mol. The van der Waals surface area contributed by atoms with Crippen molar-refractivity contribution in [3.63, 3.8) is 0 Å². The fraction of sp³-hybridized carbons (Fsp3) is 0.357. The zero-order chi connectivity index (χ0) is 16.1. The van der Waals surface area contributed by atoms with Crippen molar-refractivity contribution in [3.8, 4) is 0 Å². The molecule has 1 rings (SSSR count). The number of hydrogen-bond donors (Lipinski definition) is 4. The van der Waals surface area contributed by atoms with Gasteiger partial charge in [0.05, 0.1) is 0 Å². The van der Waals surface area contributed by atoms with Crippen molar-refractivity contribution in [2.75, 3.05) is 0 Å². The maximum atomic E-state index is 9.90. The first-order chi connectivity index (χ1) is 9.91. The first-order valence-electron chi connectivity index (χ1n) is 6.36. The molecule has 0 aliphatic heterocycles. The van der Waals surface area contributed by atoms with Gasteiger partial charge in [0.15, 0.2) is 5.17 Å². The Labute approximate surface area is 127 Å².